The molecule has 0 aromatic heterocycles. The fourth-order valence-electron chi connectivity index (χ4n) is 2.80. The van der Waals surface area contributed by atoms with E-state index in [9.17, 15) is 24.9 Å². The van der Waals surface area contributed by atoms with Gasteiger partial charge in [0.25, 0.3) is 0 Å². The maximum absolute atomic E-state index is 10.8. The van der Waals surface area contributed by atoms with Crippen molar-refractivity contribution < 1.29 is 49.3 Å². The number of aliphatic hydroxyl groups excluding tert-OH is 1. The van der Waals surface area contributed by atoms with Crippen molar-refractivity contribution in [3.05, 3.63) is 41.5 Å². The Labute approximate surface area is 151 Å². The Bertz CT molecular complexity index is 907. The zero-order valence-electron chi connectivity index (χ0n) is 13.5. The first-order valence-corrected chi connectivity index (χ1v) is 7.59. The third-order valence-corrected chi connectivity index (χ3v) is 3.88. The summed E-state index contributed by atoms with van der Waals surface area (Å²) in [7, 11) is 0. The van der Waals surface area contributed by atoms with Crippen molar-refractivity contribution in [1.29, 1.82) is 0 Å². The molecule has 0 radical (unpaired) electrons. The maximum Gasteiger partial charge on any atom is 0.511 e. The molecule has 0 aliphatic carbocycles. The lowest BCUT2D eigenvalue weighted by molar-refractivity contribution is 0.0196. The van der Waals surface area contributed by atoms with Gasteiger partial charge in [-0.3, -0.25) is 0 Å². The summed E-state index contributed by atoms with van der Waals surface area (Å²) < 4.78 is 14.6. The number of hydrogen-bond acceptors (Lipinski definition) is 8. The van der Waals surface area contributed by atoms with E-state index in [2.05, 4.69) is 9.47 Å². The molecule has 142 valence electrons. The number of phenolic OH excluding ortho intramolecular Hbond substituents is 2. The zero-order valence-corrected chi connectivity index (χ0v) is 13.5. The topological polar surface area (TPSA) is 163 Å². The van der Waals surface area contributed by atoms with Gasteiger partial charge in [0.2, 0.25) is 0 Å². The number of fused-ring (bicyclic) bond motifs is 1. The molecule has 27 heavy (non-hydrogen) atoms. The first kappa shape index (κ1) is 18.1. The summed E-state index contributed by atoms with van der Waals surface area (Å²) in [5, 5.41) is 47.3. The van der Waals surface area contributed by atoms with Gasteiger partial charge in [-0.15, -0.1) is 0 Å². The predicted octanol–water partition coefficient (Wildman–Crippen LogP) is 2.25. The number of benzene rings is 2. The van der Waals surface area contributed by atoms with Crippen molar-refractivity contribution in [2.75, 3.05) is 0 Å². The lowest BCUT2D eigenvalue weighted by atomic mass is 9.94. The highest BCUT2D eigenvalue weighted by atomic mass is 16.7. The van der Waals surface area contributed by atoms with E-state index in [1.807, 2.05) is 0 Å². The molecule has 0 bridgehead atoms. The highest BCUT2D eigenvalue weighted by molar-refractivity contribution is 5.67. The molecule has 10 heteroatoms. The molecule has 1 aliphatic heterocycles. The Balaban J connectivity index is 1.97. The van der Waals surface area contributed by atoms with Crippen LogP contribution in [0.1, 0.15) is 17.2 Å². The van der Waals surface area contributed by atoms with E-state index < -0.39 is 30.3 Å². The molecule has 5 N–H and O–H groups in total. The fraction of sp³-hybridized carbons (Fsp3) is 0.176. The molecular weight excluding hydrogens is 364 g/mol. The van der Waals surface area contributed by atoms with Crippen molar-refractivity contribution in [2.45, 2.75) is 18.6 Å². The lowest BCUT2D eigenvalue weighted by Gasteiger charge is -2.31. The Hall–Kier alpha value is -3.66. The van der Waals surface area contributed by atoms with Crippen LogP contribution in [0.5, 0.6) is 28.7 Å². The third-order valence-electron chi connectivity index (χ3n) is 3.88. The van der Waals surface area contributed by atoms with Gasteiger partial charge in [0.05, 0.1) is 6.10 Å². The van der Waals surface area contributed by atoms with Gasteiger partial charge in [-0.1, -0.05) is 6.07 Å². The van der Waals surface area contributed by atoms with Crippen molar-refractivity contribution >= 4 is 12.3 Å². The molecule has 2 atom stereocenters. The fourth-order valence-corrected chi connectivity index (χ4v) is 2.80. The standard InChI is InChI=1S/C17H14O10/c18-8-4-10(19)9-6-11(20)15(25-13(9)5-8)7-1-2-12(26-16(21)22)14(3-7)27-17(23)24/h1-5,11,15,18-20H,6H2,(H,21,22)(H,23,24)/t11-,15-/m1/s1. The SMILES string of the molecule is O=C(O)Oc1ccc([C@H]2Oc3cc(O)cc(O)c3C[C@H]2O)cc1OC(=O)O. The third kappa shape index (κ3) is 3.80. The molecule has 1 aliphatic rings. The van der Waals surface area contributed by atoms with Gasteiger partial charge < -0.3 is 39.7 Å². The summed E-state index contributed by atoms with van der Waals surface area (Å²) in [6, 6.07) is 6.08. The number of aliphatic hydroxyl groups is 1. The lowest BCUT2D eigenvalue weighted by Crippen LogP contribution is -2.30. The summed E-state index contributed by atoms with van der Waals surface area (Å²) in [4.78, 5) is 21.5. The molecule has 0 fully saturated rings. The number of carboxylic acid groups (broad SMARTS) is 2. The van der Waals surface area contributed by atoms with Crippen LogP contribution in [0, 0.1) is 0 Å². The molecular formula is C17H14O10. The van der Waals surface area contributed by atoms with Crippen LogP contribution in [-0.2, 0) is 6.42 Å². The second-order valence-electron chi connectivity index (χ2n) is 5.69. The normalized spacial score (nSPS) is 18.1. The number of carbonyl (C=O) groups is 2. The highest BCUT2D eigenvalue weighted by Crippen LogP contribution is 2.43. The summed E-state index contributed by atoms with van der Waals surface area (Å²) in [6.45, 7) is 0. The van der Waals surface area contributed by atoms with Crippen LogP contribution < -0.4 is 14.2 Å². The molecule has 0 amide bonds. The van der Waals surface area contributed by atoms with E-state index in [0.717, 1.165) is 18.2 Å². The smallest absolute Gasteiger partial charge is 0.508 e. The van der Waals surface area contributed by atoms with Crippen LogP contribution >= 0.6 is 0 Å². The van der Waals surface area contributed by atoms with Crippen LogP contribution in [-0.4, -0.2) is 43.9 Å². The maximum atomic E-state index is 10.8. The summed E-state index contributed by atoms with van der Waals surface area (Å²) in [5.74, 6) is -1.07. The zero-order chi connectivity index (χ0) is 19.7. The van der Waals surface area contributed by atoms with Crippen LogP contribution in [0.2, 0.25) is 0 Å². The number of ether oxygens (including phenoxy) is 3. The van der Waals surface area contributed by atoms with Gasteiger partial charge in [-0.2, -0.15) is 0 Å². The Morgan fingerprint density at radius 2 is 1.67 bits per heavy atom. The molecule has 0 spiro atoms. The predicted molar refractivity (Wildman–Crippen MR) is 86.6 cm³/mol. The average molecular weight is 378 g/mol. The van der Waals surface area contributed by atoms with Crippen LogP contribution in [0.4, 0.5) is 9.59 Å². The Morgan fingerprint density at radius 1 is 1.00 bits per heavy atom. The highest BCUT2D eigenvalue weighted by Gasteiger charge is 2.33. The van der Waals surface area contributed by atoms with Gasteiger partial charge in [-0.25, -0.2) is 9.59 Å². The van der Waals surface area contributed by atoms with Crippen LogP contribution in [0.15, 0.2) is 30.3 Å². The van der Waals surface area contributed by atoms with E-state index in [1.165, 1.54) is 12.1 Å². The summed E-state index contributed by atoms with van der Waals surface area (Å²) >= 11 is 0. The van der Waals surface area contributed by atoms with Gasteiger partial charge in [0, 0.05) is 24.1 Å². The van der Waals surface area contributed by atoms with E-state index in [1.54, 1.807) is 0 Å². The monoisotopic (exact) mass is 378 g/mol. The van der Waals surface area contributed by atoms with Gasteiger partial charge in [0.15, 0.2) is 11.5 Å². The number of hydrogen-bond donors (Lipinski definition) is 5. The van der Waals surface area contributed by atoms with Crippen molar-refractivity contribution in [3.63, 3.8) is 0 Å². The molecule has 3 rings (SSSR count). The first-order chi connectivity index (χ1) is 12.7. The number of rotatable bonds is 3. The van der Waals surface area contributed by atoms with Crippen molar-refractivity contribution in [3.8, 4) is 28.7 Å². The molecule has 1 heterocycles. The van der Waals surface area contributed by atoms with Gasteiger partial charge >= 0.3 is 12.3 Å². The second-order valence-corrected chi connectivity index (χ2v) is 5.69. The molecule has 2 aromatic rings. The van der Waals surface area contributed by atoms with E-state index >= 15 is 0 Å². The molecule has 10 nitrogen and oxygen atoms in total. The quantitative estimate of drug-likeness (QED) is 0.395. The van der Waals surface area contributed by atoms with Crippen molar-refractivity contribution in [2.24, 2.45) is 0 Å². The van der Waals surface area contributed by atoms with E-state index in [0.29, 0.717) is 5.56 Å². The number of phenols is 2. The van der Waals surface area contributed by atoms with Crippen LogP contribution in [0.3, 0.4) is 0 Å². The summed E-state index contributed by atoms with van der Waals surface area (Å²) in [6.07, 6.45) is -5.45. The van der Waals surface area contributed by atoms with Crippen LogP contribution in [0.25, 0.3) is 0 Å². The van der Waals surface area contributed by atoms with Gasteiger partial charge in [-0.05, 0) is 17.7 Å². The minimum atomic E-state index is -1.69. The Kier molecular flexibility index (Phi) is 4.65. The summed E-state index contributed by atoms with van der Waals surface area (Å²) in [5.41, 5.74) is 0.578. The average Bonchev–Trinajstić information content (AvgIpc) is 2.56. The largest absolute Gasteiger partial charge is 0.511 e. The van der Waals surface area contributed by atoms with E-state index in [-0.39, 0.29) is 35.0 Å². The van der Waals surface area contributed by atoms with Crippen molar-refractivity contribution in [1.82, 2.24) is 0 Å². The minimum absolute atomic E-state index is 0.00854. The molecule has 0 unspecified atom stereocenters. The first-order valence-electron chi connectivity index (χ1n) is 7.59. The number of aromatic hydroxyl groups is 2. The molecule has 0 saturated heterocycles. The van der Waals surface area contributed by atoms with E-state index in [4.69, 9.17) is 14.9 Å². The second kappa shape index (κ2) is 6.92. The Morgan fingerprint density at radius 3 is 2.33 bits per heavy atom. The molecule has 2 aromatic carbocycles. The molecule has 0 saturated carbocycles. The minimum Gasteiger partial charge on any atom is -0.508 e. The van der Waals surface area contributed by atoms with Gasteiger partial charge in [0.1, 0.15) is 23.4 Å².